The Bertz CT molecular complexity index is 520. The number of piperazine rings is 1. The molecule has 2 fully saturated rings. The molecule has 1 aromatic rings. The molecule has 7 nitrogen and oxygen atoms in total. The number of carbonyl (C=O) groups excluding carboxylic acids is 1. The maximum Gasteiger partial charge on any atom is 0.233 e. The molecule has 2 aliphatic rings. The minimum Gasteiger partial charge on any atom is -0.424 e. The van der Waals surface area contributed by atoms with Crippen LogP contribution in [0.1, 0.15) is 50.9 Å². The zero-order valence-electron chi connectivity index (χ0n) is 14.1. The summed E-state index contributed by atoms with van der Waals surface area (Å²) in [5.41, 5.74) is 0. The van der Waals surface area contributed by atoms with Crippen LogP contribution in [0.25, 0.3) is 0 Å². The van der Waals surface area contributed by atoms with Gasteiger partial charge in [0, 0.05) is 51.6 Å². The number of aromatic nitrogens is 2. The second-order valence-corrected chi connectivity index (χ2v) is 6.53. The molecular formula is C16H27N5O2. The van der Waals surface area contributed by atoms with E-state index in [-0.39, 0.29) is 11.9 Å². The predicted octanol–water partition coefficient (Wildman–Crippen LogP) is 0.979. The van der Waals surface area contributed by atoms with Gasteiger partial charge in [-0.2, -0.15) is 0 Å². The molecule has 0 spiro atoms. The number of carbonyl (C=O) groups is 1. The van der Waals surface area contributed by atoms with Gasteiger partial charge in [-0.3, -0.25) is 9.69 Å². The van der Waals surface area contributed by atoms with E-state index in [2.05, 4.69) is 32.2 Å². The summed E-state index contributed by atoms with van der Waals surface area (Å²) in [4.78, 5) is 16.5. The van der Waals surface area contributed by atoms with Gasteiger partial charge in [0.05, 0.1) is 6.04 Å². The summed E-state index contributed by atoms with van der Waals surface area (Å²) in [6.45, 7) is 8.88. The third-order valence-electron chi connectivity index (χ3n) is 4.69. The van der Waals surface area contributed by atoms with E-state index in [9.17, 15) is 4.79 Å². The highest BCUT2D eigenvalue weighted by Crippen LogP contribution is 2.21. The van der Waals surface area contributed by atoms with Gasteiger partial charge in [-0.15, -0.1) is 10.2 Å². The van der Waals surface area contributed by atoms with E-state index in [4.69, 9.17) is 4.42 Å². The number of aryl methyl sites for hydroxylation is 1. The number of hydrogen-bond acceptors (Lipinski definition) is 6. The molecule has 0 radical (unpaired) electrons. The van der Waals surface area contributed by atoms with Gasteiger partial charge in [0.15, 0.2) is 0 Å². The molecule has 3 rings (SSSR count). The Hall–Kier alpha value is -1.47. The van der Waals surface area contributed by atoms with Crippen LogP contribution in [-0.4, -0.2) is 64.7 Å². The Morgan fingerprint density at radius 3 is 2.65 bits per heavy atom. The van der Waals surface area contributed by atoms with Crippen molar-refractivity contribution in [3.05, 3.63) is 11.8 Å². The molecule has 7 heteroatoms. The fourth-order valence-electron chi connectivity index (χ4n) is 2.90. The molecular weight excluding hydrogens is 294 g/mol. The summed E-state index contributed by atoms with van der Waals surface area (Å²) in [5, 5.41) is 11.2. The van der Waals surface area contributed by atoms with Crippen LogP contribution < -0.4 is 5.32 Å². The Labute approximate surface area is 137 Å². The number of nitrogens with zero attached hydrogens (tertiary/aromatic N) is 4. The Balaban J connectivity index is 1.39. The molecule has 0 bridgehead atoms. The molecule has 1 saturated heterocycles. The fraction of sp³-hybridized carbons (Fsp3) is 0.812. The lowest BCUT2D eigenvalue weighted by molar-refractivity contribution is -0.121. The van der Waals surface area contributed by atoms with E-state index in [0.29, 0.717) is 24.2 Å². The first-order valence-corrected chi connectivity index (χ1v) is 8.73. The van der Waals surface area contributed by atoms with E-state index >= 15 is 0 Å². The average Bonchev–Trinajstić information content (AvgIpc) is 3.25. The van der Waals surface area contributed by atoms with E-state index in [1.165, 1.54) is 0 Å². The van der Waals surface area contributed by atoms with Gasteiger partial charge in [0.1, 0.15) is 0 Å². The standard InChI is InChI=1S/C16H27N5O2/c1-3-15-18-19-16(23-15)12(2)21-10-8-20(9-11-21)7-6-14(22)17-13-4-5-13/h12-13H,3-11H2,1-2H3,(H,17,22)/t12-/m0/s1. The lowest BCUT2D eigenvalue weighted by atomic mass is 10.2. The minimum absolute atomic E-state index is 0.156. The van der Waals surface area contributed by atoms with Crippen molar-refractivity contribution in [3.8, 4) is 0 Å². The van der Waals surface area contributed by atoms with E-state index < -0.39 is 0 Å². The number of nitrogens with one attached hydrogen (secondary N) is 1. The van der Waals surface area contributed by atoms with Gasteiger partial charge in [0.2, 0.25) is 17.7 Å². The monoisotopic (exact) mass is 321 g/mol. The van der Waals surface area contributed by atoms with Crippen molar-refractivity contribution in [2.75, 3.05) is 32.7 Å². The summed E-state index contributed by atoms with van der Waals surface area (Å²) >= 11 is 0. The van der Waals surface area contributed by atoms with Crippen LogP contribution in [-0.2, 0) is 11.2 Å². The lowest BCUT2D eigenvalue weighted by Crippen LogP contribution is -2.48. The van der Waals surface area contributed by atoms with Gasteiger partial charge < -0.3 is 14.6 Å². The topological polar surface area (TPSA) is 74.5 Å². The molecule has 23 heavy (non-hydrogen) atoms. The van der Waals surface area contributed by atoms with Crippen molar-refractivity contribution in [2.24, 2.45) is 0 Å². The Morgan fingerprint density at radius 1 is 1.30 bits per heavy atom. The summed E-state index contributed by atoms with van der Waals surface area (Å²) in [5.74, 6) is 1.60. The Kier molecular flexibility index (Phi) is 5.27. The lowest BCUT2D eigenvalue weighted by Gasteiger charge is -2.36. The van der Waals surface area contributed by atoms with E-state index in [1.807, 2.05) is 6.92 Å². The number of rotatable bonds is 7. The van der Waals surface area contributed by atoms with Crippen molar-refractivity contribution in [2.45, 2.75) is 51.6 Å². The number of hydrogen-bond donors (Lipinski definition) is 1. The normalized spacial score (nSPS) is 21.3. The van der Waals surface area contributed by atoms with Gasteiger partial charge in [-0.1, -0.05) is 6.92 Å². The molecule has 1 amide bonds. The largest absolute Gasteiger partial charge is 0.424 e. The van der Waals surface area contributed by atoms with E-state index in [1.54, 1.807) is 0 Å². The highest BCUT2D eigenvalue weighted by molar-refractivity contribution is 5.76. The van der Waals surface area contributed by atoms with Crippen molar-refractivity contribution < 1.29 is 9.21 Å². The van der Waals surface area contributed by atoms with Crippen LogP contribution >= 0.6 is 0 Å². The molecule has 1 aliphatic heterocycles. The van der Waals surface area contributed by atoms with E-state index in [0.717, 1.165) is 52.0 Å². The van der Waals surface area contributed by atoms with Crippen LogP contribution in [0, 0.1) is 0 Å². The van der Waals surface area contributed by atoms with Crippen molar-refractivity contribution in [1.82, 2.24) is 25.3 Å². The fourth-order valence-corrected chi connectivity index (χ4v) is 2.90. The minimum atomic E-state index is 0.156. The van der Waals surface area contributed by atoms with Crippen LogP contribution in [0.4, 0.5) is 0 Å². The molecule has 1 saturated carbocycles. The SMILES string of the molecule is CCc1nnc([C@H](C)N2CCN(CCC(=O)NC3CC3)CC2)o1. The van der Waals surface area contributed by atoms with Gasteiger partial charge in [-0.05, 0) is 19.8 Å². The van der Waals surface area contributed by atoms with Crippen molar-refractivity contribution in [3.63, 3.8) is 0 Å². The van der Waals surface area contributed by atoms with Crippen molar-refractivity contribution in [1.29, 1.82) is 0 Å². The number of amides is 1. The molecule has 128 valence electrons. The first-order valence-electron chi connectivity index (χ1n) is 8.73. The molecule has 1 aromatic heterocycles. The Morgan fingerprint density at radius 2 is 2.04 bits per heavy atom. The third-order valence-corrected chi connectivity index (χ3v) is 4.69. The molecule has 0 unspecified atom stereocenters. The first-order chi connectivity index (χ1) is 11.2. The molecule has 2 heterocycles. The first kappa shape index (κ1) is 16.4. The van der Waals surface area contributed by atoms with Gasteiger partial charge in [0.25, 0.3) is 0 Å². The van der Waals surface area contributed by atoms with Crippen LogP contribution in [0.5, 0.6) is 0 Å². The smallest absolute Gasteiger partial charge is 0.233 e. The van der Waals surface area contributed by atoms with Gasteiger partial charge in [-0.25, -0.2) is 0 Å². The maximum absolute atomic E-state index is 11.7. The summed E-state index contributed by atoms with van der Waals surface area (Å²) in [6, 6.07) is 0.616. The molecule has 0 aromatic carbocycles. The molecule has 1 N–H and O–H groups in total. The van der Waals surface area contributed by atoms with Crippen LogP contribution in [0.2, 0.25) is 0 Å². The summed E-state index contributed by atoms with van der Waals surface area (Å²) in [6.07, 6.45) is 3.68. The zero-order chi connectivity index (χ0) is 16.2. The van der Waals surface area contributed by atoms with Gasteiger partial charge >= 0.3 is 0 Å². The van der Waals surface area contributed by atoms with Crippen LogP contribution in [0.15, 0.2) is 4.42 Å². The summed E-state index contributed by atoms with van der Waals surface area (Å²) < 4.78 is 5.67. The quantitative estimate of drug-likeness (QED) is 0.807. The predicted molar refractivity (Wildman–Crippen MR) is 85.9 cm³/mol. The van der Waals surface area contributed by atoms with Crippen LogP contribution in [0.3, 0.4) is 0 Å². The molecule has 1 atom stereocenters. The van der Waals surface area contributed by atoms with Crippen molar-refractivity contribution >= 4 is 5.91 Å². The maximum atomic E-state index is 11.7. The zero-order valence-corrected chi connectivity index (χ0v) is 14.1. The average molecular weight is 321 g/mol. The molecule has 1 aliphatic carbocycles. The summed E-state index contributed by atoms with van der Waals surface area (Å²) in [7, 11) is 0. The highest BCUT2D eigenvalue weighted by atomic mass is 16.4. The second-order valence-electron chi connectivity index (χ2n) is 6.53. The third kappa shape index (κ3) is 4.51. The highest BCUT2D eigenvalue weighted by Gasteiger charge is 2.26. The second kappa shape index (κ2) is 7.40.